The molecule has 190 valence electrons. The molecule has 0 bridgehead atoms. The minimum absolute atomic E-state index is 0. The van der Waals surface area contributed by atoms with Crippen molar-refractivity contribution in [2.75, 3.05) is 0 Å². The van der Waals surface area contributed by atoms with Crippen LogP contribution in [0.25, 0.3) is 10.8 Å². The molecule has 0 fully saturated rings. The van der Waals surface area contributed by atoms with Crippen LogP contribution in [0.3, 0.4) is 0 Å². The minimum atomic E-state index is -4.53. The minimum Gasteiger partial charge on any atom is -0.744 e. The largest absolute Gasteiger partial charge is 1.00 e. The molecule has 1 aliphatic rings. The first-order valence-corrected chi connectivity index (χ1v) is 13.2. The second-order valence-corrected chi connectivity index (χ2v) is 10.2. The van der Waals surface area contributed by atoms with E-state index in [2.05, 4.69) is 10.2 Å². The van der Waals surface area contributed by atoms with Crippen LogP contribution >= 0.6 is 0 Å². The molecule has 0 unspecified atom stereocenters. The molecule has 1 aliphatic carbocycles. The van der Waals surface area contributed by atoms with Crippen molar-refractivity contribution in [1.82, 2.24) is 0 Å². The molecule has 0 aliphatic heterocycles. The number of nitrogens with zero attached hydrogens (tertiary/aromatic N) is 2. The normalized spacial score (nSPS) is 12.6. The van der Waals surface area contributed by atoms with E-state index < -0.39 is 10.1 Å². The topological polar surface area (TPSA) is 125 Å². The maximum Gasteiger partial charge on any atom is 1.00 e. The van der Waals surface area contributed by atoms with Gasteiger partial charge in [-0.2, -0.15) is 10.2 Å². The number of carbonyl (C=O) groups is 2. The van der Waals surface area contributed by atoms with Crippen LogP contribution in [0.15, 0.2) is 118 Å². The first-order chi connectivity index (χ1) is 18.8. The number of benzene rings is 5. The molecule has 0 N–H and O–H groups in total. The van der Waals surface area contributed by atoms with Gasteiger partial charge >= 0.3 is 51.4 Å². The average Bonchev–Trinajstić information content (AvgIpc) is 2.95. The molecule has 8 nitrogen and oxygen atoms in total. The van der Waals surface area contributed by atoms with Crippen molar-refractivity contribution in [3.8, 4) is 11.5 Å². The average molecular weight is 573 g/mol. The van der Waals surface area contributed by atoms with E-state index >= 15 is 0 Å². The molecule has 0 amide bonds. The summed E-state index contributed by atoms with van der Waals surface area (Å²) >= 11 is 0. The van der Waals surface area contributed by atoms with Crippen molar-refractivity contribution in [3.63, 3.8) is 0 Å². The number of azo groups is 1. The second-order valence-electron chi connectivity index (χ2n) is 8.80. The molecule has 0 saturated carbocycles. The summed E-state index contributed by atoms with van der Waals surface area (Å²) < 4.78 is 39.5. The van der Waals surface area contributed by atoms with Gasteiger partial charge in [0.25, 0.3) is 0 Å². The van der Waals surface area contributed by atoms with Crippen molar-refractivity contribution < 1.29 is 78.7 Å². The molecule has 5 aromatic rings. The van der Waals surface area contributed by atoms with Crippen molar-refractivity contribution in [2.45, 2.75) is 4.90 Å². The molecule has 10 heteroatoms. The molecule has 0 radical (unpaired) electrons. The standard InChI is InChI=1S/C30H18N2O6S.K/c33-28-24-7-3-4-8-25(24)29(34)27-26(28)17-18-5-1-2-6-23(18)30(27)38-21-13-9-19(10-14-21)31-32-20-11-15-22(16-12-20)39(35,36)37;/h1-17H,(H,35,36,37);/q;+1/p-1. The van der Waals surface area contributed by atoms with Crippen LogP contribution in [-0.4, -0.2) is 24.5 Å². The fourth-order valence-corrected chi connectivity index (χ4v) is 4.95. The van der Waals surface area contributed by atoms with Gasteiger partial charge in [0.15, 0.2) is 11.6 Å². The van der Waals surface area contributed by atoms with E-state index in [9.17, 15) is 22.6 Å². The maximum atomic E-state index is 13.5. The third-order valence-corrected chi connectivity index (χ3v) is 7.20. The molecule has 0 spiro atoms. The van der Waals surface area contributed by atoms with Crippen LogP contribution in [0.1, 0.15) is 31.8 Å². The Morgan fingerprint density at radius 2 is 1.20 bits per heavy atom. The van der Waals surface area contributed by atoms with Crippen molar-refractivity contribution in [2.24, 2.45) is 10.2 Å². The van der Waals surface area contributed by atoms with E-state index in [1.165, 1.54) is 24.3 Å². The zero-order valence-electron chi connectivity index (χ0n) is 21.1. The van der Waals surface area contributed by atoms with Gasteiger partial charge in [0.2, 0.25) is 0 Å². The molecule has 0 atom stereocenters. The molecular formula is C30H17KN2O6S. The molecule has 0 saturated heterocycles. The summed E-state index contributed by atoms with van der Waals surface area (Å²) in [4.78, 5) is 26.5. The van der Waals surface area contributed by atoms with Gasteiger partial charge in [0.1, 0.15) is 21.6 Å². The Morgan fingerprint density at radius 1 is 0.650 bits per heavy atom. The van der Waals surface area contributed by atoms with Gasteiger partial charge in [-0.1, -0.05) is 48.5 Å². The van der Waals surface area contributed by atoms with Crippen LogP contribution in [0.5, 0.6) is 11.5 Å². The summed E-state index contributed by atoms with van der Waals surface area (Å²) in [6.07, 6.45) is 0. The Labute approximate surface area is 271 Å². The maximum absolute atomic E-state index is 13.5. The van der Waals surface area contributed by atoms with Crippen molar-refractivity contribution in [3.05, 3.63) is 125 Å². The van der Waals surface area contributed by atoms with E-state index in [1.54, 1.807) is 54.6 Å². The van der Waals surface area contributed by atoms with E-state index in [-0.39, 0.29) is 73.4 Å². The zero-order valence-corrected chi connectivity index (χ0v) is 25.0. The van der Waals surface area contributed by atoms with Crippen molar-refractivity contribution in [1.29, 1.82) is 0 Å². The smallest absolute Gasteiger partial charge is 0.744 e. The van der Waals surface area contributed by atoms with Crippen LogP contribution < -0.4 is 56.1 Å². The fraction of sp³-hybridized carbons (Fsp3) is 0. The number of ketones is 2. The number of rotatable bonds is 5. The Morgan fingerprint density at radius 3 is 1.82 bits per heavy atom. The Hall–Kier alpha value is -3.35. The van der Waals surface area contributed by atoms with Crippen molar-refractivity contribution >= 4 is 43.8 Å². The van der Waals surface area contributed by atoms with Gasteiger partial charge in [-0.25, -0.2) is 8.42 Å². The number of hydrogen-bond acceptors (Lipinski definition) is 8. The predicted molar refractivity (Wildman–Crippen MR) is 142 cm³/mol. The third kappa shape index (κ3) is 5.35. The van der Waals surface area contributed by atoms with Gasteiger partial charge < -0.3 is 9.29 Å². The summed E-state index contributed by atoms with van der Waals surface area (Å²) in [7, 11) is -4.53. The van der Waals surface area contributed by atoms with Crippen LogP contribution in [0.4, 0.5) is 11.4 Å². The number of carbonyl (C=O) groups excluding carboxylic acids is 2. The SMILES string of the molecule is O=C1c2ccccc2C(=O)c2c1cc1ccccc1c2Oc1ccc(N=Nc2ccc(S(=O)(=O)[O-])cc2)cc1.[K+]. The van der Waals surface area contributed by atoms with Gasteiger partial charge in [-0.3, -0.25) is 9.59 Å². The second kappa shape index (κ2) is 11.3. The summed E-state index contributed by atoms with van der Waals surface area (Å²) in [6.45, 7) is 0. The Bertz CT molecular complexity index is 1940. The molecular weight excluding hydrogens is 556 g/mol. The number of hydrogen-bond donors (Lipinski definition) is 0. The first kappa shape index (κ1) is 28.2. The van der Waals surface area contributed by atoms with Gasteiger partial charge in [0.05, 0.1) is 21.8 Å². The quantitative estimate of drug-likeness (QED) is 0.176. The molecule has 0 heterocycles. The summed E-state index contributed by atoms with van der Waals surface area (Å²) in [5, 5.41) is 9.65. The van der Waals surface area contributed by atoms with Crippen LogP contribution in [0.2, 0.25) is 0 Å². The van der Waals surface area contributed by atoms with Gasteiger partial charge in [-0.15, -0.1) is 0 Å². The molecule has 0 aromatic heterocycles. The zero-order chi connectivity index (χ0) is 27.1. The van der Waals surface area contributed by atoms with Crippen LogP contribution in [-0.2, 0) is 10.1 Å². The summed E-state index contributed by atoms with van der Waals surface area (Å²) in [6, 6.07) is 27.6. The van der Waals surface area contributed by atoms with Crippen LogP contribution in [0, 0.1) is 0 Å². The van der Waals surface area contributed by atoms with E-state index in [0.717, 1.165) is 5.39 Å². The number of fused-ring (bicyclic) bond motifs is 3. The Balaban J connectivity index is 0.00000323. The predicted octanol–water partition coefficient (Wildman–Crippen LogP) is 3.73. The van der Waals surface area contributed by atoms with Gasteiger partial charge in [0, 0.05) is 22.1 Å². The van der Waals surface area contributed by atoms with E-state index in [1.807, 2.05) is 24.3 Å². The Kier molecular flexibility index (Phi) is 7.93. The molecule has 5 aromatic carbocycles. The summed E-state index contributed by atoms with van der Waals surface area (Å²) in [5.41, 5.74) is 2.09. The van der Waals surface area contributed by atoms with E-state index in [0.29, 0.717) is 45.0 Å². The number of ether oxygens (including phenoxy) is 1. The fourth-order valence-electron chi connectivity index (χ4n) is 4.48. The molecule has 40 heavy (non-hydrogen) atoms. The molecule has 6 rings (SSSR count). The van der Waals surface area contributed by atoms with Gasteiger partial charge in [-0.05, 0) is 60.0 Å². The third-order valence-electron chi connectivity index (χ3n) is 6.35. The first-order valence-electron chi connectivity index (χ1n) is 11.8. The summed E-state index contributed by atoms with van der Waals surface area (Å²) in [5.74, 6) is 0.227. The monoisotopic (exact) mass is 572 g/mol. The van der Waals surface area contributed by atoms with E-state index in [4.69, 9.17) is 4.74 Å².